The van der Waals surface area contributed by atoms with Gasteiger partial charge in [0.25, 0.3) is 0 Å². The van der Waals surface area contributed by atoms with Gasteiger partial charge in [-0.15, -0.1) is 18.3 Å². The molecule has 13 heteroatoms. The van der Waals surface area contributed by atoms with Crippen LogP contribution in [0.15, 0.2) is 84.2 Å². The molecule has 1 saturated heterocycles. The molecule has 45 heavy (non-hydrogen) atoms. The van der Waals surface area contributed by atoms with Crippen LogP contribution >= 0.6 is 11.8 Å². The fourth-order valence-corrected chi connectivity index (χ4v) is 5.87. The molecule has 0 aliphatic carbocycles. The van der Waals surface area contributed by atoms with E-state index in [2.05, 4.69) is 62.9 Å². The Morgan fingerprint density at radius 2 is 1.87 bits per heavy atom. The molecule has 0 unspecified atom stereocenters. The Bertz CT molecular complexity index is 1790. The summed E-state index contributed by atoms with van der Waals surface area (Å²) in [5.74, 6) is 1.15. The van der Waals surface area contributed by atoms with Gasteiger partial charge in [-0.2, -0.15) is 10.3 Å². The molecule has 1 fully saturated rings. The zero-order chi connectivity index (χ0) is 32.1. The summed E-state index contributed by atoms with van der Waals surface area (Å²) in [6, 6.07) is 19.7. The number of rotatable bonds is 7. The van der Waals surface area contributed by atoms with Crippen molar-refractivity contribution >= 4 is 34.2 Å². The van der Waals surface area contributed by atoms with Crippen molar-refractivity contribution in [3.63, 3.8) is 0 Å². The van der Waals surface area contributed by atoms with Gasteiger partial charge in [-0.25, -0.2) is 14.5 Å². The number of nitrogens with one attached hydrogen (secondary N) is 1. The molecule has 4 aromatic rings. The molecule has 5 rings (SSSR count). The molecule has 1 aliphatic rings. The van der Waals surface area contributed by atoms with Crippen LogP contribution in [0.4, 0.5) is 23.7 Å². The van der Waals surface area contributed by atoms with Gasteiger partial charge in [0.1, 0.15) is 18.1 Å². The van der Waals surface area contributed by atoms with E-state index in [-0.39, 0.29) is 11.3 Å². The fraction of sp³-hybridized carbons (Fsp3) is 0.219. The van der Waals surface area contributed by atoms with Crippen molar-refractivity contribution in [1.82, 2.24) is 20.1 Å². The third-order valence-corrected chi connectivity index (χ3v) is 7.84. The Labute approximate surface area is 262 Å². The van der Waals surface area contributed by atoms with E-state index in [1.807, 2.05) is 12.1 Å². The second-order valence-corrected chi connectivity index (χ2v) is 11.4. The number of carbonyl (C=O) groups excluding carboxylic acids is 1. The number of carbonyl (C=O) groups is 1. The number of urea groups is 1. The second kappa shape index (κ2) is 13.3. The summed E-state index contributed by atoms with van der Waals surface area (Å²) < 4.78 is 42.6. The maximum Gasteiger partial charge on any atom is 0.573 e. The van der Waals surface area contributed by atoms with Crippen molar-refractivity contribution in [2.24, 2.45) is 4.99 Å². The number of hydrogen-bond donors (Lipinski definition) is 1. The van der Waals surface area contributed by atoms with Gasteiger partial charge >= 0.3 is 12.4 Å². The highest BCUT2D eigenvalue weighted by Gasteiger charge is 2.31. The Balaban J connectivity index is 1.26. The number of nitriles is 1. The van der Waals surface area contributed by atoms with Crippen LogP contribution in [-0.4, -0.2) is 44.6 Å². The summed E-state index contributed by atoms with van der Waals surface area (Å²) in [6.45, 7) is 7.11. The minimum atomic E-state index is -4.77. The van der Waals surface area contributed by atoms with E-state index in [0.29, 0.717) is 33.7 Å². The topological polar surface area (TPSA) is 108 Å². The first-order valence-corrected chi connectivity index (χ1v) is 14.9. The first kappa shape index (κ1) is 31.3. The lowest BCUT2D eigenvalue weighted by atomic mass is 9.95. The summed E-state index contributed by atoms with van der Waals surface area (Å²) in [4.78, 5) is 23.4. The molecule has 2 amide bonds. The number of amidine groups is 1. The smallest absolute Gasteiger partial charge is 0.406 e. The number of halogens is 3. The Morgan fingerprint density at radius 1 is 1.13 bits per heavy atom. The Kier molecular flexibility index (Phi) is 9.24. The van der Waals surface area contributed by atoms with Crippen LogP contribution < -0.4 is 15.0 Å². The number of nitrogens with zero attached hydrogens (tertiary/aromatic N) is 6. The van der Waals surface area contributed by atoms with Crippen molar-refractivity contribution in [3.8, 4) is 28.9 Å². The maximum atomic E-state index is 12.8. The summed E-state index contributed by atoms with van der Waals surface area (Å²) in [5.41, 5.74) is 5.39. The molecule has 1 N–H and O–H groups in total. The number of alkyl halides is 3. The zero-order valence-corrected chi connectivity index (χ0v) is 25.4. The molecule has 230 valence electrons. The van der Waals surface area contributed by atoms with E-state index in [1.54, 1.807) is 24.3 Å². The fourth-order valence-electron chi connectivity index (χ4n) is 4.92. The van der Waals surface area contributed by atoms with Crippen LogP contribution in [0.25, 0.3) is 22.6 Å². The Morgan fingerprint density at radius 3 is 2.53 bits per heavy atom. The predicted molar refractivity (Wildman–Crippen MR) is 168 cm³/mol. The quantitative estimate of drug-likeness (QED) is 0.211. The van der Waals surface area contributed by atoms with Gasteiger partial charge in [-0.1, -0.05) is 62.0 Å². The van der Waals surface area contributed by atoms with Crippen molar-refractivity contribution in [1.29, 1.82) is 5.26 Å². The van der Waals surface area contributed by atoms with Crippen LogP contribution in [-0.2, 0) is 0 Å². The van der Waals surface area contributed by atoms with Crippen molar-refractivity contribution in [3.05, 3.63) is 95.9 Å². The number of ether oxygens (including phenoxy) is 1. The number of benzene rings is 3. The highest BCUT2D eigenvalue weighted by molar-refractivity contribution is 8.14. The molecular formula is C32H28F3N7O2S. The normalized spacial score (nSPS) is 14.6. The highest BCUT2D eigenvalue weighted by atomic mass is 32.2. The third-order valence-electron chi connectivity index (χ3n) is 6.88. The average Bonchev–Trinajstić information content (AvgIpc) is 3.67. The number of hydrogen-bond acceptors (Lipinski definition) is 6. The lowest BCUT2D eigenvalue weighted by Crippen LogP contribution is -2.27. The maximum absolute atomic E-state index is 12.8. The van der Waals surface area contributed by atoms with Crippen molar-refractivity contribution in [2.75, 3.05) is 17.2 Å². The summed E-state index contributed by atoms with van der Waals surface area (Å²) >= 11 is 1.51. The molecule has 3 aromatic carbocycles. The highest BCUT2D eigenvalue weighted by Crippen LogP contribution is 2.34. The lowest BCUT2D eigenvalue weighted by Gasteiger charge is -2.24. The van der Waals surface area contributed by atoms with E-state index in [4.69, 9.17) is 0 Å². The number of allylic oxidation sites excluding steroid dienone is 1. The number of anilines is 1. The molecule has 0 bridgehead atoms. The van der Waals surface area contributed by atoms with Crippen LogP contribution in [0.5, 0.6) is 5.75 Å². The van der Waals surface area contributed by atoms with E-state index in [1.165, 1.54) is 64.4 Å². The standard InChI is InChI=1S/C32H28F3N7O2S/c1-20(2)28-21(3)5-4-6-27(28)41-15-16-45-31(41)39-30(43)37-18-24(17-36)22-7-9-23(10-8-22)29-38-19-42(40-29)25-11-13-26(14-12-25)44-32(33,34)35/h4-14,18-20H,15-16H2,1-3H3,(H,37,43)/b24-18+,39-31?. The number of aromatic nitrogens is 3. The summed E-state index contributed by atoms with van der Waals surface area (Å²) in [6.07, 6.45) is -2.01. The monoisotopic (exact) mass is 631 g/mol. The minimum Gasteiger partial charge on any atom is -0.406 e. The first-order chi connectivity index (χ1) is 21.5. The lowest BCUT2D eigenvalue weighted by molar-refractivity contribution is -0.274. The number of thioether (sulfide) groups is 1. The SMILES string of the molecule is Cc1cccc(N2CCSC2=NC(=O)N/C=C(\C#N)c2ccc(-c3ncn(-c4ccc(OC(F)(F)F)cc4)n3)cc2)c1C(C)C. The molecule has 9 nitrogen and oxygen atoms in total. The molecule has 1 aromatic heterocycles. The van der Waals surface area contributed by atoms with Crippen LogP contribution in [0.2, 0.25) is 0 Å². The van der Waals surface area contributed by atoms with Gasteiger partial charge in [-0.05, 0) is 59.9 Å². The van der Waals surface area contributed by atoms with Gasteiger partial charge in [0, 0.05) is 29.7 Å². The first-order valence-electron chi connectivity index (χ1n) is 13.9. The van der Waals surface area contributed by atoms with Crippen LogP contribution in [0.3, 0.4) is 0 Å². The molecule has 2 heterocycles. The zero-order valence-electron chi connectivity index (χ0n) is 24.5. The van der Waals surface area contributed by atoms with E-state index < -0.39 is 12.4 Å². The average molecular weight is 632 g/mol. The molecular weight excluding hydrogens is 603 g/mol. The number of aliphatic imine (C=N–C) groups is 1. The van der Waals surface area contributed by atoms with Crippen LogP contribution in [0, 0.1) is 18.3 Å². The minimum absolute atomic E-state index is 0.228. The second-order valence-electron chi connectivity index (χ2n) is 10.3. The third kappa shape index (κ3) is 7.53. The van der Waals surface area contributed by atoms with Gasteiger partial charge in [0.05, 0.1) is 11.3 Å². The van der Waals surface area contributed by atoms with Gasteiger partial charge in [0.2, 0.25) is 0 Å². The predicted octanol–water partition coefficient (Wildman–Crippen LogP) is 7.45. The van der Waals surface area contributed by atoms with Gasteiger partial charge in [0.15, 0.2) is 11.0 Å². The summed E-state index contributed by atoms with van der Waals surface area (Å²) in [7, 11) is 0. The molecule has 0 atom stereocenters. The number of amides is 2. The van der Waals surface area contributed by atoms with Crippen LogP contribution in [0.1, 0.15) is 36.5 Å². The largest absolute Gasteiger partial charge is 0.573 e. The van der Waals surface area contributed by atoms with Crippen molar-refractivity contribution in [2.45, 2.75) is 33.1 Å². The van der Waals surface area contributed by atoms with Gasteiger partial charge < -0.3 is 15.0 Å². The van der Waals surface area contributed by atoms with Gasteiger partial charge in [-0.3, -0.25) is 0 Å². The summed E-state index contributed by atoms with van der Waals surface area (Å²) in [5, 5.41) is 17.4. The Hall–Kier alpha value is -5.09. The molecule has 0 radical (unpaired) electrons. The molecule has 0 saturated carbocycles. The molecule has 1 aliphatic heterocycles. The van der Waals surface area contributed by atoms with Crippen molar-refractivity contribution < 1.29 is 22.7 Å². The van der Waals surface area contributed by atoms with E-state index in [9.17, 15) is 23.2 Å². The van der Waals surface area contributed by atoms with E-state index in [0.717, 1.165) is 18.0 Å². The molecule has 0 spiro atoms. The number of aryl methyl sites for hydroxylation is 1. The van der Waals surface area contributed by atoms with E-state index >= 15 is 0 Å².